The minimum absolute atomic E-state index is 0.138. The highest BCUT2D eigenvalue weighted by atomic mass is 17.2. The van der Waals surface area contributed by atoms with Crippen LogP contribution in [0.2, 0.25) is 0 Å². The summed E-state index contributed by atoms with van der Waals surface area (Å²) in [5.41, 5.74) is 5.76. The number of carbonyl (C=O) groups is 3. The fourth-order valence-electron chi connectivity index (χ4n) is 1.97. The van der Waals surface area contributed by atoms with Gasteiger partial charge in [-0.05, 0) is 12.1 Å². The van der Waals surface area contributed by atoms with Gasteiger partial charge in [0.25, 0.3) is 5.91 Å². The maximum Gasteiger partial charge on any atom is 0.289 e. The molecule has 0 unspecified atom stereocenters. The molecule has 0 saturated carbocycles. The molecular formula is C15H9NO5. The highest BCUT2D eigenvalue weighted by Crippen LogP contribution is 2.32. The molecule has 0 atom stereocenters. The first kappa shape index (κ1) is 12.9. The van der Waals surface area contributed by atoms with Gasteiger partial charge in [0.05, 0.1) is 5.56 Å². The summed E-state index contributed by atoms with van der Waals surface area (Å²) in [7, 11) is 0. The van der Waals surface area contributed by atoms with Crippen molar-refractivity contribution in [2.24, 2.45) is 5.73 Å². The third-order valence-corrected chi connectivity index (χ3v) is 3.06. The van der Waals surface area contributed by atoms with Gasteiger partial charge in [-0.15, -0.1) is 0 Å². The number of amides is 1. The largest absolute Gasteiger partial charge is 0.363 e. The van der Waals surface area contributed by atoms with Crippen LogP contribution < -0.4 is 15.5 Å². The standard InChI is InChI=1S/C15H9NO5/c16-15(19)14(18)9-3-1-8(2-4-9)13(17)11-6-5-10-7-12(11)21-20-10/h1-7H,(H2,16,19). The molecule has 3 rings (SSSR count). The number of nitrogens with two attached hydrogens (primary N) is 1. The molecule has 0 aliphatic carbocycles. The number of primary amides is 1. The molecule has 1 aliphatic rings. The van der Waals surface area contributed by atoms with Crippen molar-refractivity contribution in [3.05, 3.63) is 59.2 Å². The van der Waals surface area contributed by atoms with Gasteiger partial charge in [-0.1, -0.05) is 24.3 Å². The molecule has 2 bridgehead atoms. The Kier molecular flexibility index (Phi) is 2.91. The number of hydrogen-bond acceptors (Lipinski definition) is 5. The van der Waals surface area contributed by atoms with Crippen molar-refractivity contribution < 1.29 is 24.2 Å². The molecule has 2 N–H and O–H groups in total. The Labute approximate surface area is 119 Å². The van der Waals surface area contributed by atoms with Gasteiger partial charge in [0, 0.05) is 17.2 Å². The quantitative estimate of drug-likeness (QED) is 0.518. The lowest BCUT2D eigenvalue weighted by Gasteiger charge is -2.03. The van der Waals surface area contributed by atoms with Gasteiger partial charge >= 0.3 is 0 Å². The van der Waals surface area contributed by atoms with Gasteiger partial charge < -0.3 is 5.73 Å². The average molecular weight is 283 g/mol. The summed E-state index contributed by atoms with van der Waals surface area (Å²) in [6.45, 7) is 0. The topological polar surface area (TPSA) is 95.7 Å². The number of hydrogen-bond donors (Lipinski definition) is 1. The maximum absolute atomic E-state index is 12.4. The molecule has 0 radical (unpaired) electrons. The molecule has 0 fully saturated rings. The Hall–Kier alpha value is -3.15. The van der Waals surface area contributed by atoms with Crippen molar-refractivity contribution in [1.29, 1.82) is 0 Å². The van der Waals surface area contributed by atoms with Gasteiger partial charge in [-0.2, -0.15) is 0 Å². The zero-order chi connectivity index (χ0) is 15.0. The van der Waals surface area contributed by atoms with Crippen LogP contribution in [-0.2, 0) is 4.79 Å². The predicted molar refractivity (Wildman–Crippen MR) is 71.1 cm³/mol. The van der Waals surface area contributed by atoms with E-state index in [1.54, 1.807) is 18.2 Å². The summed E-state index contributed by atoms with van der Waals surface area (Å²) in [6, 6.07) is 10.5. The molecule has 1 aliphatic heterocycles. The van der Waals surface area contributed by atoms with E-state index in [0.717, 1.165) is 0 Å². The van der Waals surface area contributed by atoms with Crippen molar-refractivity contribution >= 4 is 17.5 Å². The monoisotopic (exact) mass is 283 g/mol. The van der Waals surface area contributed by atoms with Crippen molar-refractivity contribution in [2.45, 2.75) is 0 Å². The second kappa shape index (κ2) is 4.75. The van der Waals surface area contributed by atoms with E-state index in [4.69, 9.17) is 15.5 Å². The molecule has 1 amide bonds. The van der Waals surface area contributed by atoms with E-state index in [9.17, 15) is 14.4 Å². The van der Waals surface area contributed by atoms with E-state index in [0.29, 0.717) is 22.6 Å². The molecule has 0 aromatic heterocycles. The van der Waals surface area contributed by atoms with Gasteiger partial charge in [-0.25, -0.2) is 0 Å². The second-order valence-electron chi connectivity index (χ2n) is 4.42. The summed E-state index contributed by atoms with van der Waals surface area (Å²) in [6.07, 6.45) is 0. The van der Waals surface area contributed by atoms with Crippen molar-refractivity contribution in [2.75, 3.05) is 0 Å². The van der Waals surface area contributed by atoms with Crippen LogP contribution in [0.4, 0.5) is 0 Å². The number of ketones is 2. The fraction of sp³-hybridized carbons (Fsp3) is 0. The molecule has 2 aromatic rings. The molecule has 1 heterocycles. The summed E-state index contributed by atoms with van der Waals surface area (Å²) in [5.74, 6) is -1.24. The molecule has 21 heavy (non-hydrogen) atoms. The van der Waals surface area contributed by atoms with E-state index in [2.05, 4.69) is 0 Å². The van der Waals surface area contributed by atoms with Crippen LogP contribution in [0.15, 0.2) is 42.5 Å². The molecule has 104 valence electrons. The lowest BCUT2D eigenvalue weighted by Crippen LogP contribution is -2.23. The minimum atomic E-state index is -1.04. The third kappa shape index (κ3) is 2.23. The van der Waals surface area contributed by atoms with Crippen LogP contribution in [0.1, 0.15) is 26.3 Å². The van der Waals surface area contributed by atoms with Crippen LogP contribution in [0, 0.1) is 0 Å². The number of fused-ring (bicyclic) bond motifs is 2. The predicted octanol–water partition coefficient (Wildman–Crippen LogP) is 1.27. The zero-order valence-corrected chi connectivity index (χ0v) is 10.7. The average Bonchev–Trinajstić information content (AvgIpc) is 2.87. The lowest BCUT2D eigenvalue weighted by molar-refractivity contribution is -0.114. The summed E-state index contributed by atoms with van der Waals surface area (Å²) in [5, 5.41) is 0. The first-order valence-corrected chi connectivity index (χ1v) is 6.04. The summed E-state index contributed by atoms with van der Waals surface area (Å²) < 4.78 is 0. The second-order valence-corrected chi connectivity index (χ2v) is 4.42. The number of carbonyl (C=O) groups excluding carboxylic acids is 3. The molecule has 6 heteroatoms. The van der Waals surface area contributed by atoms with Crippen molar-refractivity contribution in [3.8, 4) is 11.5 Å². The van der Waals surface area contributed by atoms with Gasteiger partial charge in [0.2, 0.25) is 5.78 Å². The third-order valence-electron chi connectivity index (χ3n) is 3.06. The smallest absolute Gasteiger partial charge is 0.289 e. The minimum Gasteiger partial charge on any atom is -0.363 e. The van der Waals surface area contributed by atoms with Gasteiger partial charge in [0.15, 0.2) is 17.3 Å². The normalized spacial score (nSPS) is 11.4. The van der Waals surface area contributed by atoms with E-state index >= 15 is 0 Å². The van der Waals surface area contributed by atoms with E-state index in [1.807, 2.05) is 0 Å². The van der Waals surface area contributed by atoms with Crippen molar-refractivity contribution in [1.82, 2.24) is 0 Å². The Morgan fingerprint density at radius 3 is 2.19 bits per heavy atom. The Morgan fingerprint density at radius 2 is 1.52 bits per heavy atom. The molecular weight excluding hydrogens is 274 g/mol. The first-order valence-electron chi connectivity index (χ1n) is 6.04. The van der Waals surface area contributed by atoms with Crippen LogP contribution in [0.3, 0.4) is 0 Å². The van der Waals surface area contributed by atoms with Crippen molar-refractivity contribution in [3.63, 3.8) is 0 Å². The van der Waals surface area contributed by atoms with Crippen LogP contribution in [-0.4, -0.2) is 17.5 Å². The van der Waals surface area contributed by atoms with Gasteiger partial charge in [-0.3, -0.25) is 24.2 Å². The maximum atomic E-state index is 12.4. The molecule has 6 nitrogen and oxygen atoms in total. The van der Waals surface area contributed by atoms with Crippen LogP contribution >= 0.6 is 0 Å². The Bertz CT molecular complexity index is 764. The number of rotatable bonds is 4. The van der Waals surface area contributed by atoms with E-state index in [1.165, 1.54) is 24.3 Å². The summed E-state index contributed by atoms with van der Waals surface area (Å²) >= 11 is 0. The zero-order valence-electron chi connectivity index (χ0n) is 10.7. The highest BCUT2D eigenvalue weighted by Gasteiger charge is 2.21. The Balaban J connectivity index is 1.89. The lowest BCUT2D eigenvalue weighted by atomic mass is 10.00. The fourth-order valence-corrected chi connectivity index (χ4v) is 1.97. The van der Waals surface area contributed by atoms with E-state index in [-0.39, 0.29) is 11.3 Å². The Morgan fingerprint density at radius 1 is 0.857 bits per heavy atom. The number of benzene rings is 2. The van der Waals surface area contributed by atoms with E-state index < -0.39 is 11.7 Å². The molecule has 0 spiro atoms. The highest BCUT2D eigenvalue weighted by molar-refractivity contribution is 6.42. The summed E-state index contributed by atoms with van der Waals surface area (Å²) in [4.78, 5) is 44.3. The molecule has 0 saturated heterocycles. The van der Waals surface area contributed by atoms with Gasteiger partial charge in [0.1, 0.15) is 0 Å². The van der Waals surface area contributed by atoms with Crippen LogP contribution in [0.25, 0.3) is 0 Å². The number of Topliss-reactive ketones (excluding diaryl/α,β-unsaturated/α-hetero) is 1. The SMILES string of the molecule is NC(=O)C(=O)c1ccc(C(=O)c2ccc3cc2OO3)cc1. The first-order chi connectivity index (χ1) is 10.1. The van der Waals surface area contributed by atoms with Crippen LogP contribution in [0.5, 0.6) is 11.5 Å². The molecule has 2 aromatic carbocycles.